The molecule has 1 N–H and O–H groups in total. The van der Waals surface area contributed by atoms with Crippen LogP contribution in [0, 0.1) is 11.8 Å². The quantitative estimate of drug-likeness (QED) is 0.113. The highest BCUT2D eigenvalue weighted by Crippen LogP contribution is 2.60. The SMILES string of the molecule is C=CCCC(=O)N(C)[C@H](C)[C@H](OC(=O)[C@H]1[C@@H]2O[C@@]3(CC2Br)[C@@H]1C(=O)N(CCO)[C@@H]3C(=O)N(CC=C)CCCCC)c1ccccc1. The zero-order valence-electron chi connectivity index (χ0n) is 27.2. The number of esters is 1. The molecule has 3 saturated heterocycles. The topological polar surface area (TPSA) is 117 Å². The molecule has 3 amide bonds. The van der Waals surface area contributed by atoms with Crippen LogP contribution in [0.4, 0.5) is 0 Å². The molecule has 252 valence electrons. The second kappa shape index (κ2) is 15.7. The van der Waals surface area contributed by atoms with Crippen molar-refractivity contribution in [3.8, 4) is 0 Å². The number of hydrogen-bond acceptors (Lipinski definition) is 7. The lowest BCUT2D eigenvalue weighted by Crippen LogP contribution is -2.57. The molecule has 0 saturated carbocycles. The predicted octanol–water partition coefficient (Wildman–Crippen LogP) is 4.03. The number of fused-ring (bicyclic) bond motifs is 1. The van der Waals surface area contributed by atoms with Gasteiger partial charge in [-0.15, -0.1) is 13.2 Å². The van der Waals surface area contributed by atoms with Crippen LogP contribution in [-0.2, 0) is 28.7 Å². The van der Waals surface area contributed by atoms with E-state index in [1.54, 1.807) is 29.0 Å². The molecule has 4 rings (SSSR count). The number of likely N-dealkylation sites (tertiary alicyclic amines) is 1. The van der Waals surface area contributed by atoms with E-state index in [0.717, 1.165) is 19.3 Å². The molecule has 3 aliphatic heterocycles. The van der Waals surface area contributed by atoms with Gasteiger partial charge < -0.3 is 29.3 Å². The fourth-order valence-electron chi connectivity index (χ4n) is 7.32. The van der Waals surface area contributed by atoms with Gasteiger partial charge in [-0.1, -0.05) is 78.2 Å². The first-order chi connectivity index (χ1) is 22.1. The molecule has 8 atom stereocenters. The molecule has 0 radical (unpaired) electrons. The Kier molecular flexibility index (Phi) is 12.2. The zero-order valence-corrected chi connectivity index (χ0v) is 28.8. The number of ether oxygens (including phenoxy) is 2. The molecule has 1 spiro atoms. The second-order valence-corrected chi connectivity index (χ2v) is 13.7. The van der Waals surface area contributed by atoms with E-state index in [1.807, 2.05) is 37.3 Å². The molecule has 1 aromatic carbocycles. The van der Waals surface area contributed by atoms with Crippen molar-refractivity contribution in [1.82, 2.24) is 14.7 Å². The third-order valence-corrected chi connectivity index (χ3v) is 10.5. The first-order valence-corrected chi connectivity index (χ1v) is 17.2. The van der Waals surface area contributed by atoms with Crippen molar-refractivity contribution in [2.75, 3.05) is 33.3 Å². The van der Waals surface area contributed by atoms with E-state index in [2.05, 4.69) is 36.0 Å². The summed E-state index contributed by atoms with van der Waals surface area (Å²) in [6, 6.07) is 7.70. The van der Waals surface area contributed by atoms with E-state index in [0.29, 0.717) is 31.5 Å². The third-order valence-electron chi connectivity index (χ3n) is 9.70. The summed E-state index contributed by atoms with van der Waals surface area (Å²) in [7, 11) is 1.68. The summed E-state index contributed by atoms with van der Waals surface area (Å²) < 4.78 is 12.9. The summed E-state index contributed by atoms with van der Waals surface area (Å²) in [5.74, 6) is -3.35. The van der Waals surface area contributed by atoms with E-state index in [9.17, 15) is 24.3 Å². The number of likely N-dealkylation sites (N-methyl/N-ethyl adjacent to an activating group) is 1. The van der Waals surface area contributed by atoms with E-state index >= 15 is 0 Å². The molecule has 1 unspecified atom stereocenters. The number of benzene rings is 1. The number of nitrogens with zero attached hydrogens (tertiary/aromatic N) is 3. The number of aliphatic hydroxyl groups is 1. The maximum absolute atomic E-state index is 14.3. The van der Waals surface area contributed by atoms with Gasteiger partial charge in [0.2, 0.25) is 17.7 Å². The monoisotopic (exact) mass is 701 g/mol. The van der Waals surface area contributed by atoms with Gasteiger partial charge in [-0.05, 0) is 31.7 Å². The molecule has 0 aromatic heterocycles. The Bertz CT molecular complexity index is 1280. The van der Waals surface area contributed by atoms with Crippen LogP contribution in [0.1, 0.15) is 64.0 Å². The van der Waals surface area contributed by atoms with Crippen LogP contribution in [0.15, 0.2) is 55.6 Å². The molecule has 3 fully saturated rings. The lowest BCUT2D eigenvalue weighted by atomic mass is 9.70. The Labute approximate surface area is 280 Å². The van der Waals surface area contributed by atoms with E-state index in [4.69, 9.17) is 9.47 Å². The number of hydrogen-bond donors (Lipinski definition) is 1. The summed E-state index contributed by atoms with van der Waals surface area (Å²) in [6.07, 6.45) is 5.73. The van der Waals surface area contributed by atoms with Gasteiger partial charge in [-0.3, -0.25) is 19.2 Å². The maximum atomic E-state index is 14.3. The largest absolute Gasteiger partial charge is 0.455 e. The average molecular weight is 703 g/mol. The maximum Gasteiger partial charge on any atom is 0.313 e. The van der Waals surface area contributed by atoms with Gasteiger partial charge in [0.1, 0.15) is 17.7 Å². The highest BCUT2D eigenvalue weighted by atomic mass is 79.9. The Hall–Kier alpha value is -3.02. The summed E-state index contributed by atoms with van der Waals surface area (Å²) in [4.78, 5) is 60.1. The highest BCUT2D eigenvalue weighted by Gasteiger charge is 2.77. The van der Waals surface area contributed by atoms with Crippen LogP contribution >= 0.6 is 15.9 Å². The van der Waals surface area contributed by atoms with E-state index in [-0.39, 0.29) is 36.2 Å². The molecular weight excluding hydrogens is 654 g/mol. The Morgan fingerprint density at radius 2 is 1.93 bits per heavy atom. The lowest BCUT2D eigenvalue weighted by Gasteiger charge is -2.37. The van der Waals surface area contributed by atoms with Crippen molar-refractivity contribution in [3.63, 3.8) is 0 Å². The molecular formula is C35H48BrN3O7. The third kappa shape index (κ3) is 6.82. The minimum atomic E-state index is -1.26. The normalized spacial score (nSPS) is 27.5. The molecule has 1 aromatic rings. The lowest BCUT2D eigenvalue weighted by molar-refractivity contribution is -0.164. The zero-order chi connectivity index (χ0) is 33.6. The molecule has 46 heavy (non-hydrogen) atoms. The van der Waals surface area contributed by atoms with E-state index < -0.39 is 53.6 Å². The predicted molar refractivity (Wildman–Crippen MR) is 178 cm³/mol. The minimum absolute atomic E-state index is 0.0611. The molecule has 3 heterocycles. The van der Waals surface area contributed by atoms with Gasteiger partial charge in [-0.25, -0.2) is 0 Å². The number of amides is 3. The van der Waals surface area contributed by atoms with Crippen molar-refractivity contribution in [1.29, 1.82) is 0 Å². The van der Waals surface area contributed by atoms with Gasteiger partial charge in [0, 0.05) is 37.9 Å². The fraction of sp³-hybridized carbons (Fsp3) is 0.600. The molecule has 10 nitrogen and oxygen atoms in total. The average Bonchev–Trinajstić information content (AvgIpc) is 3.64. The van der Waals surface area contributed by atoms with Gasteiger partial charge in [0.15, 0.2) is 0 Å². The number of rotatable bonds is 17. The number of β-amino-alcohol motifs (C(OH)–C–C–N with tert-alkyl or cyclic N) is 1. The van der Waals surface area contributed by atoms with Gasteiger partial charge in [0.25, 0.3) is 0 Å². The van der Waals surface area contributed by atoms with Crippen LogP contribution in [0.5, 0.6) is 0 Å². The van der Waals surface area contributed by atoms with Gasteiger partial charge in [0.05, 0.1) is 30.6 Å². The van der Waals surface area contributed by atoms with Crippen LogP contribution in [-0.4, -0.2) is 105 Å². The van der Waals surface area contributed by atoms with E-state index in [1.165, 1.54) is 4.90 Å². The van der Waals surface area contributed by atoms with Crippen molar-refractivity contribution in [3.05, 3.63) is 61.2 Å². The molecule has 0 aliphatic carbocycles. The summed E-state index contributed by atoms with van der Waals surface area (Å²) in [5.41, 5.74) is -0.554. The number of allylic oxidation sites excluding steroid dienone is 1. The Morgan fingerprint density at radius 3 is 2.57 bits per heavy atom. The first-order valence-electron chi connectivity index (χ1n) is 16.3. The smallest absolute Gasteiger partial charge is 0.313 e. The summed E-state index contributed by atoms with van der Waals surface area (Å²) in [5, 5.41) is 9.96. The molecule has 11 heteroatoms. The molecule has 3 aliphatic rings. The number of halogens is 1. The highest BCUT2D eigenvalue weighted by molar-refractivity contribution is 9.09. The van der Waals surface area contributed by atoms with Crippen LogP contribution in [0.3, 0.4) is 0 Å². The van der Waals surface area contributed by atoms with Crippen molar-refractivity contribution < 1.29 is 33.8 Å². The Balaban J connectivity index is 1.67. The number of carbonyl (C=O) groups is 4. The minimum Gasteiger partial charge on any atom is -0.455 e. The van der Waals surface area contributed by atoms with Gasteiger partial charge >= 0.3 is 5.97 Å². The van der Waals surface area contributed by atoms with Crippen molar-refractivity contribution in [2.45, 2.75) is 87.1 Å². The van der Waals surface area contributed by atoms with Crippen LogP contribution in [0.25, 0.3) is 0 Å². The van der Waals surface area contributed by atoms with Crippen molar-refractivity contribution >= 4 is 39.6 Å². The first kappa shape index (κ1) is 35.8. The summed E-state index contributed by atoms with van der Waals surface area (Å²) >= 11 is 3.70. The number of unbranched alkanes of at least 4 members (excludes halogenated alkanes) is 2. The van der Waals surface area contributed by atoms with Crippen molar-refractivity contribution in [2.24, 2.45) is 11.8 Å². The Morgan fingerprint density at radius 1 is 1.22 bits per heavy atom. The second-order valence-electron chi connectivity index (χ2n) is 12.5. The number of alkyl halides is 1. The standard InChI is InChI=1S/C35H48BrN3O7/c1-6-9-14-19-38(18-8-3)33(43)31-35-22-25(36)30(46-35)27(28(35)32(42)39(31)20-21-40)34(44)45-29(24-15-12-11-13-16-24)23(4)37(5)26(41)17-10-7-2/h7-8,11-13,15-16,23,25,27-31,40H,2-3,6,9-10,14,17-22H2,1,4-5H3/t23-,25?,27-,28+,29+,30-,31-,35+/m1/s1. The van der Waals surface area contributed by atoms with Crippen LogP contribution in [0.2, 0.25) is 0 Å². The summed E-state index contributed by atoms with van der Waals surface area (Å²) in [6.45, 7) is 11.8. The molecule has 2 bridgehead atoms. The fourth-order valence-corrected chi connectivity index (χ4v) is 8.27. The number of aliphatic hydroxyl groups excluding tert-OH is 1. The number of carbonyl (C=O) groups excluding carboxylic acids is 4. The van der Waals surface area contributed by atoms with Gasteiger partial charge in [-0.2, -0.15) is 0 Å². The van der Waals surface area contributed by atoms with Crippen LogP contribution < -0.4 is 0 Å².